The molecule has 0 aliphatic heterocycles. The minimum atomic E-state index is -0.684. The van der Waals surface area contributed by atoms with Gasteiger partial charge in [0.05, 0.1) is 0 Å². The first-order valence-corrected chi connectivity index (χ1v) is 8.29. The van der Waals surface area contributed by atoms with Crippen LogP contribution >= 0.6 is 0 Å². The van der Waals surface area contributed by atoms with Crippen LogP contribution in [-0.2, 0) is 4.79 Å². The average molecular weight is 280 g/mol. The molecule has 0 saturated heterocycles. The van der Waals surface area contributed by atoms with Gasteiger partial charge in [-0.1, -0.05) is 44.1 Å². The summed E-state index contributed by atoms with van der Waals surface area (Å²) in [6.07, 6.45) is 22.3. The third-order valence-corrected chi connectivity index (χ3v) is 3.31. The third kappa shape index (κ3) is 16.9. The summed E-state index contributed by atoms with van der Waals surface area (Å²) in [5.41, 5.74) is 0. The summed E-state index contributed by atoms with van der Waals surface area (Å²) in [7, 11) is 0. The molecule has 20 heavy (non-hydrogen) atoms. The lowest BCUT2D eigenvalue weighted by Gasteiger charge is -1.95. The number of unbranched alkanes of at least 4 members (excludes halogenated alkanes) is 8. The van der Waals surface area contributed by atoms with Crippen molar-refractivity contribution < 1.29 is 9.90 Å². The molecule has 0 aromatic rings. The summed E-state index contributed by atoms with van der Waals surface area (Å²) in [6.45, 7) is 2.24. The van der Waals surface area contributed by atoms with Crippen LogP contribution in [0, 0.1) is 0 Å². The van der Waals surface area contributed by atoms with Gasteiger partial charge in [-0.15, -0.1) is 0 Å². The van der Waals surface area contributed by atoms with Gasteiger partial charge in [0.2, 0.25) is 0 Å². The zero-order valence-electron chi connectivity index (χ0n) is 13.2. The fraction of sp³-hybridized carbons (Fsp3) is 0.722. The first kappa shape index (κ1) is 18.9. The van der Waals surface area contributed by atoms with Crippen LogP contribution in [0.4, 0.5) is 0 Å². The van der Waals surface area contributed by atoms with Gasteiger partial charge in [0, 0.05) is 6.42 Å². The van der Waals surface area contributed by atoms with E-state index in [9.17, 15) is 4.79 Å². The van der Waals surface area contributed by atoms with Crippen molar-refractivity contribution in [2.75, 3.05) is 0 Å². The van der Waals surface area contributed by atoms with E-state index in [0.717, 1.165) is 25.7 Å². The lowest BCUT2D eigenvalue weighted by molar-refractivity contribution is -0.137. The molecule has 0 saturated carbocycles. The Balaban J connectivity index is 3.17. The molecular formula is C18H32O2. The molecule has 0 bridgehead atoms. The fourth-order valence-corrected chi connectivity index (χ4v) is 2.05. The Morgan fingerprint density at radius 3 is 1.55 bits per heavy atom. The second-order valence-electron chi connectivity index (χ2n) is 5.36. The van der Waals surface area contributed by atoms with E-state index in [2.05, 4.69) is 31.2 Å². The van der Waals surface area contributed by atoms with E-state index in [0.29, 0.717) is 6.42 Å². The van der Waals surface area contributed by atoms with Crippen molar-refractivity contribution in [1.82, 2.24) is 0 Å². The number of carboxylic acid groups (broad SMARTS) is 1. The SMILES string of the molecule is CCCCCC=CCCCCC=CCCCCC(=O)O. The first-order valence-electron chi connectivity index (χ1n) is 8.29. The Morgan fingerprint density at radius 1 is 0.750 bits per heavy atom. The summed E-state index contributed by atoms with van der Waals surface area (Å²) in [5, 5.41) is 8.49. The lowest BCUT2D eigenvalue weighted by Crippen LogP contribution is -1.92. The lowest BCUT2D eigenvalue weighted by atomic mass is 10.1. The molecule has 1 N–H and O–H groups in total. The topological polar surface area (TPSA) is 37.3 Å². The molecule has 2 nitrogen and oxygen atoms in total. The van der Waals surface area contributed by atoms with Crippen molar-refractivity contribution in [3.05, 3.63) is 24.3 Å². The van der Waals surface area contributed by atoms with Crippen LogP contribution in [0.15, 0.2) is 24.3 Å². The highest BCUT2D eigenvalue weighted by Crippen LogP contribution is 2.06. The molecule has 0 unspecified atom stereocenters. The smallest absolute Gasteiger partial charge is 0.303 e. The molecule has 0 aliphatic carbocycles. The largest absolute Gasteiger partial charge is 0.481 e. The van der Waals surface area contributed by atoms with E-state index < -0.39 is 5.97 Å². The first-order chi connectivity index (χ1) is 9.77. The van der Waals surface area contributed by atoms with E-state index in [1.807, 2.05) is 0 Å². The van der Waals surface area contributed by atoms with Gasteiger partial charge in [-0.2, -0.15) is 0 Å². The summed E-state index contributed by atoms with van der Waals surface area (Å²) in [4.78, 5) is 10.3. The van der Waals surface area contributed by atoms with Crippen LogP contribution < -0.4 is 0 Å². The van der Waals surface area contributed by atoms with Crippen molar-refractivity contribution in [2.45, 2.75) is 84.0 Å². The zero-order valence-corrected chi connectivity index (χ0v) is 13.2. The highest BCUT2D eigenvalue weighted by atomic mass is 16.4. The Labute approximate surface area is 125 Å². The summed E-state index contributed by atoms with van der Waals surface area (Å²) in [6, 6.07) is 0. The predicted octanol–water partition coefficient (Wildman–Crippen LogP) is 5.88. The van der Waals surface area contributed by atoms with Crippen molar-refractivity contribution in [1.29, 1.82) is 0 Å². The minimum absolute atomic E-state index is 0.304. The number of rotatable bonds is 14. The fourth-order valence-electron chi connectivity index (χ4n) is 2.05. The maximum absolute atomic E-state index is 10.3. The van der Waals surface area contributed by atoms with Crippen LogP contribution in [0.3, 0.4) is 0 Å². The van der Waals surface area contributed by atoms with Crippen LogP contribution in [0.1, 0.15) is 84.0 Å². The number of hydrogen-bond acceptors (Lipinski definition) is 1. The second-order valence-corrected chi connectivity index (χ2v) is 5.36. The summed E-state index contributed by atoms with van der Waals surface area (Å²) in [5.74, 6) is -0.684. The van der Waals surface area contributed by atoms with Gasteiger partial charge >= 0.3 is 5.97 Å². The number of carboxylic acids is 1. The van der Waals surface area contributed by atoms with E-state index in [-0.39, 0.29) is 0 Å². The van der Waals surface area contributed by atoms with Gasteiger partial charge < -0.3 is 5.11 Å². The predicted molar refractivity (Wildman–Crippen MR) is 87.0 cm³/mol. The monoisotopic (exact) mass is 280 g/mol. The molecule has 0 heterocycles. The van der Waals surface area contributed by atoms with Crippen LogP contribution in [0.5, 0.6) is 0 Å². The molecule has 0 fully saturated rings. The van der Waals surface area contributed by atoms with Gasteiger partial charge in [0.1, 0.15) is 0 Å². The molecule has 0 atom stereocenters. The van der Waals surface area contributed by atoms with Crippen LogP contribution in [0.2, 0.25) is 0 Å². The van der Waals surface area contributed by atoms with Crippen molar-refractivity contribution in [3.63, 3.8) is 0 Å². The number of hydrogen-bond donors (Lipinski definition) is 1. The highest BCUT2D eigenvalue weighted by molar-refractivity contribution is 5.66. The molecule has 0 aromatic heterocycles. The van der Waals surface area contributed by atoms with Crippen LogP contribution in [0.25, 0.3) is 0 Å². The maximum atomic E-state index is 10.3. The van der Waals surface area contributed by atoms with E-state index >= 15 is 0 Å². The maximum Gasteiger partial charge on any atom is 0.303 e. The number of allylic oxidation sites excluding steroid dienone is 4. The van der Waals surface area contributed by atoms with Crippen molar-refractivity contribution in [3.8, 4) is 0 Å². The number of carbonyl (C=O) groups is 1. The minimum Gasteiger partial charge on any atom is -0.481 e. The van der Waals surface area contributed by atoms with Gasteiger partial charge in [-0.25, -0.2) is 0 Å². The molecule has 0 aromatic carbocycles. The summed E-state index contributed by atoms with van der Waals surface area (Å²) >= 11 is 0. The van der Waals surface area contributed by atoms with Crippen LogP contribution in [-0.4, -0.2) is 11.1 Å². The van der Waals surface area contributed by atoms with E-state index in [1.165, 1.54) is 44.9 Å². The molecule has 116 valence electrons. The Hall–Kier alpha value is -1.05. The Bertz CT molecular complexity index is 267. The van der Waals surface area contributed by atoms with Crippen molar-refractivity contribution in [2.24, 2.45) is 0 Å². The molecule has 2 heteroatoms. The van der Waals surface area contributed by atoms with Gasteiger partial charge in [0.25, 0.3) is 0 Å². The normalized spacial score (nSPS) is 11.7. The molecule has 0 amide bonds. The van der Waals surface area contributed by atoms with Gasteiger partial charge in [-0.3, -0.25) is 4.79 Å². The average Bonchev–Trinajstić information content (AvgIpc) is 2.43. The molecule has 0 aliphatic rings. The standard InChI is InChI=1S/C18H32O2/c1-2-3-4-5-6-7-8-9-10-11-12-13-14-15-16-17-18(19)20/h6-7,12-13H,2-5,8-11,14-17H2,1H3,(H,19,20). The molecule has 0 rings (SSSR count). The van der Waals surface area contributed by atoms with Crippen molar-refractivity contribution >= 4 is 5.97 Å². The van der Waals surface area contributed by atoms with Gasteiger partial charge in [-0.05, 0) is 57.8 Å². The zero-order chi connectivity index (χ0) is 14.9. The van der Waals surface area contributed by atoms with Gasteiger partial charge in [0.15, 0.2) is 0 Å². The molecular weight excluding hydrogens is 248 g/mol. The summed E-state index contributed by atoms with van der Waals surface area (Å²) < 4.78 is 0. The number of aliphatic carboxylic acids is 1. The second kappa shape index (κ2) is 16.0. The quantitative estimate of drug-likeness (QED) is 0.318. The van der Waals surface area contributed by atoms with E-state index in [4.69, 9.17) is 5.11 Å². The molecule has 0 spiro atoms. The Morgan fingerprint density at radius 2 is 1.15 bits per heavy atom. The third-order valence-electron chi connectivity index (χ3n) is 3.31. The molecule has 0 radical (unpaired) electrons. The van der Waals surface area contributed by atoms with E-state index in [1.54, 1.807) is 0 Å². The Kier molecular flexibility index (Phi) is 15.2. The highest BCUT2D eigenvalue weighted by Gasteiger charge is 1.94.